The highest BCUT2D eigenvalue weighted by atomic mass is 32.2. The van der Waals surface area contributed by atoms with Gasteiger partial charge in [-0.1, -0.05) is 0 Å². The molecule has 0 amide bonds. The second kappa shape index (κ2) is 11.7. The fourth-order valence-corrected chi connectivity index (χ4v) is 4.93. The Morgan fingerprint density at radius 1 is 1.26 bits per heavy atom. The van der Waals surface area contributed by atoms with E-state index >= 15 is 0 Å². The summed E-state index contributed by atoms with van der Waals surface area (Å²) in [4.78, 5) is 16.7. The first-order valence-corrected chi connectivity index (χ1v) is 13.1. The van der Waals surface area contributed by atoms with Crippen LogP contribution in [0, 0.1) is 5.41 Å². The highest BCUT2D eigenvalue weighted by Gasteiger charge is 2.33. The first-order valence-electron chi connectivity index (χ1n) is 11.7. The number of carbonyl (C=O) groups is 1. The number of rotatable bonds is 12. The minimum atomic E-state index is -4.22. The SMILES string of the molecule is COc1ccc2c(CCN(C)C)cn(S(=O)(=O)OCC(C)(C)C(=O)OCCN3CCCOC3)c2c1. The molecule has 1 fully saturated rings. The minimum Gasteiger partial charge on any atom is -0.497 e. The van der Waals surface area contributed by atoms with Crippen molar-refractivity contribution in [3.8, 4) is 5.75 Å². The molecule has 3 rings (SSSR count). The van der Waals surface area contributed by atoms with Crippen LogP contribution in [-0.4, -0.2) is 95.6 Å². The third-order valence-corrected chi connectivity index (χ3v) is 7.13. The van der Waals surface area contributed by atoms with Gasteiger partial charge in [0, 0.05) is 43.9 Å². The molecule has 10 nitrogen and oxygen atoms in total. The number of esters is 1. The number of likely N-dealkylation sites (N-methyl/N-ethyl adjacent to an activating group) is 1. The fraction of sp³-hybridized carbons (Fsp3) is 0.625. The van der Waals surface area contributed by atoms with Crippen LogP contribution in [0.3, 0.4) is 0 Å². The number of hydrogen-bond acceptors (Lipinski definition) is 9. The molecule has 0 N–H and O–H groups in total. The highest BCUT2D eigenvalue weighted by Crippen LogP contribution is 2.29. The van der Waals surface area contributed by atoms with E-state index in [0.717, 1.165) is 41.0 Å². The molecule has 0 bridgehead atoms. The second-order valence-electron chi connectivity index (χ2n) is 9.64. The number of hydrogen-bond donors (Lipinski definition) is 0. The monoisotopic (exact) mass is 511 g/mol. The number of nitrogens with zero attached hydrogens (tertiary/aromatic N) is 3. The minimum absolute atomic E-state index is 0.204. The molecule has 0 radical (unpaired) electrons. The quantitative estimate of drug-likeness (QED) is 0.397. The van der Waals surface area contributed by atoms with Crippen LogP contribution in [0.2, 0.25) is 0 Å². The number of aromatic nitrogens is 1. The maximum atomic E-state index is 13.2. The van der Waals surface area contributed by atoms with Gasteiger partial charge in [-0.25, -0.2) is 3.97 Å². The Labute approximate surface area is 207 Å². The number of fused-ring (bicyclic) bond motifs is 1. The Kier molecular flexibility index (Phi) is 9.16. The van der Waals surface area contributed by atoms with Crippen LogP contribution >= 0.6 is 0 Å². The summed E-state index contributed by atoms with van der Waals surface area (Å²) in [5, 5.41) is 0.806. The van der Waals surface area contributed by atoms with Gasteiger partial charge in [0.05, 0.1) is 31.4 Å². The lowest BCUT2D eigenvalue weighted by Crippen LogP contribution is -2.38. The third-order valence-electron chi connectivity index (χ3n) is 5.93. The van der Waals surface area contributed by atoms with E-state index in [-0.39, 0.29) is 13.2 Å². The van der Waals surface area contributed by atoms with Gasteiger partial charge in [0.15, 0.2) is 0 Å². The zero-order valence-corrected chi connectivity index (χ0v) is 22.1. The van der Waals surface area contributed by atoms with Crippen LogP contribution in [0.5, 0.6) is 5.75 Å². The second-order valence-corrected chi connectivity index (χ2v) is 11.1. The van der Waals surface area contributed by atoms with E-state index in [9.17, 15) is 13.2 Å². The van der Waals surface area contributed by atoms with Crippen molar-refractivity contribution < 1.29 is 31.6 Å². The van der Waals surface area contributed by atoms with Gasteiger partial charge in [0.2, 0.25) is 0 Å². The molecule has 2 heterocycles. The van der Waals surface area contributed by atoms with Crippen molar-refractivity contribution >= 4 is 27.2 Å². The average molecular weight is 512 g/mol. The van der Waals surface area contributed by atoms with Gasteiger partial charge in [-0.3, -0.25) is 13.9 Å². The van der Waals surface area contributed by atoms with Crippen LogP contribution < -0.4 is 4.74 Å². The zero-order valence-electron chi connectivity index (χ0n) is 21.3. The molecule has 0 atom stereocenters. The van der Waals surface area contributed by atoms with Crippen molar-refractivity contribution in [2.75, 3.05) is 67.4 Å². The number of methoxy groups -OCH3 is 1. The molecule has 35 heavy (non-hydrogen) atoms. The number of ether oxygens (including phenoxy) is 3. The summed E-state index contributed by atoms with van der Waals surface area (Å²) in [6.45, 7) is 6.55. The maximum Gasteiger partial charge on any atom is 0.366 e. The van der Waals surface area contributed by atoms with E-state index in [1.54, 1.807) is 32.2 Å². The van der Waals surface area contributed by atoms with Gasteiger partial charge in [0.25, 0.3) is 0 Å². The summed E-state index contributed by atoms with van der Waals surface area (Å²) in [5.41, 5.74) is 0.186. The first kappa shape index (κ1) is 27.4. The van der Waals surface area contributed by atoms with Crippen LogP contribution in [-0.2, 0) is 35.2 Å². The van der Waals surface area contributed by atoms with Gasteiger partial charge in [-0.15, -0.1) is 0 Å². The number of benzene rings is 1. The van der Waals surface area contributed by atoms with E-state index in [1.165, 1.54) is 7.11 Å². The lowest BCUT2D eigenvalue weighted by Gasteiger charge is -2.27. The Hall–Kier alpha value is -2.18. The van der Waals surface area contributed by atoms with E-state index in [1.807, 2.05) is 25.1 Å². The Balaban J connectivity index is 1.70. The molecular formula is C24H37N3O7S. The molecule has 1 aliphatic heterocycles. The summed E-state index contributed by atoms with van der Waals surface area (Å²) in [7, 11) is 1.23. The van der Waals surface area contributed by atoms with Gasteiger partial charge >= 0.3 is 16.3 Å². The molecule has 1 aromatic carbocycles. The van der Waals surface area contributed by atoms with Crippen molar-refractivity contribution in [1.82, 2.24) is 13.8 Å². The molecule has 0 spiro atoms. The third kappa shape index (κ3) is 7.17. The highest BCUT2D eigenvalue weighted by molar-refractivity contribution is 7.85. The van der Waals surface area contributed by atoms with E-state index in [4.69, 9.17) is 18.4 Å². The van der Waals surface area contributed by atoms with E-state index in [2.05, 4.69) is 4.90 Å². The largest absolute Gasteiger partial charge is 0.497 e. The molecule has 1 aromatic heterocycles. The predicted molar refractivity (Wildman–Crippen MR) is 133 cm³/mol. The molecular weight excluding hydrogens is 474 g/mol. The molecule has 196 valence electrons. The topological polar surface area (TPSA) is 99.5 Å². The molecule has 2 aromatic rings. The van der Waals surface area contributed by atoms with Crippen molar-refractivity contribution in [1.29, 1.82) is 0 Å². The van der Waals surface area contributed by atoms with Crippen molar-refractivity contribution in [2.24, 2.45) is 5.41 Å². The Bertz CT molecular complexity index is 1110. The molecule has 0 unspecified atom stereocenters. The summed E-state index contributed by atoms with van der Waals surface area (Å²) in [6.07, 6.45) is 3.19. The molecule has 11 heteroatoms. The lowest BCUT2D eigenvalue weighted by molar-refractivity contribution is -0.156. The fourth-order valence-electron chi connectivity index (χ4n) is 3.73. The molecule has 1 aliphatic rings. The van der Waals surface area contributed by atoms with Crippen LogP contribution in [0.25, 0.3) is 10.9 Å². The normalized spacial score (nSPS) is 15.6. The van der Waals surface area contributed by atoms with Crippen LogP contribution in [0.1, 0.15) is 25.8 Å². The molecule has 0 saturated carbocycles. The summed E-state index contributed by atoms with van der Waals surface area (Å²) >= 11 is 0. The zero-order chi connectivity index (χ0) is 25.6. The van der Waals surface area contributed by atoms with Gasteiger partial charge in [-0.05, 0) is 58.5 Å². The predicted octanol–water partition coefficient (Wildman–Crippen LogP) is 2.11. The summed E-state index contributed by atoms with van der Waals surface area (Å²) in [5.74, 6) is 0.0190. The Morgan fingerprint density at radius 3 is 2.69 bits per heavy atom. The van der Waals surface area contributed by atoms with Gasteiger partial charge in [0.1, 0.15) is 12.4 Å². The van der Waals surface area contributed by atoms with Crippen LogP contribution in [0.4, 0.5) is 0 Å². The molecule has 0 aliphatic carbocycles. The van der Waals surface area contributed by atoms with E-state index < -0.39 is 21.7 Å². The first-order chi connectivity index (χ1) is 16.5. The maximum absolute atomic E-state index is 13.2. The van der Waals surface area contributed by atoms with Gasteiger partial charge < -0.3 is 19.1 Å². The van der Waals surface area contributed by atoms with E-state index in [0.29, 0.717) is 31.0 Å². The smallest absolute Gasteiger partial charge is 0.366 e. The average Bonchev–Trinajstić information content (AvgIpc) is 3.21. The summed E-state index contributed by atoms with van der Waals surface area (Å²) < 4.78 is 49.0. The Morgan fingerprint density at radius 2 is 2.03 bits per heavy atom. The van der Waals surface area contributed by atoms with Crippen molar-refractivity contribution in [2.45, 2.75) is 26.7 Å². The van der Waals surface area contributed by atoms with Crippen molar-refractivity contribution in [3.63, 3.8) is 0 Å². The number of carbonyl (C=O) groups excluding carboxylic acids is 1. The van der Waals surface area contributed by atoms with Crippen LogP contribution in [0.15, 0.2) is 24.4 Å². The molecule has 1 saturated heterocycles. The van der Waals surface area contributed by atoms with Gasteiger partial charge in [-0.2, -0.15) is 8.42 Å². The summed E-state index contributed by atoms with van der Waals surface area (Å²) in [6, 6.07) is 5.31. The standard InChI is InChI=1S/C24H37N3O7S/c1-24(2,23(28)33-14-12-26-10-6-13-32-18-26)17-34-35(29,30)27-16-19(9-11-25(3)4)21-8-7-20(31-5)15-22(21)27/h7-8,15-16H,6,9-14,17-18H2,1-5H3. The van der Waals surface area contributed by atoms with Crippen molar-refractivity contribution in [3.05, 3.63) is 30.0 Å². The lowest BCUT2D eigenvalue weighted by atomic mass is 9.95.